The van der Waals surface area contributed by atoms with Crippen molar-refractivity contribution in [2.75, 3.05) is 12.4 Å². The highest BCUT2D eigenvalue weighted by molar-refractivity contribution is 5.40. The van der Waals surface area contributed by atoms with Crippen LogP contribution in [0.3, 0.4) is 0 Å². The molecule has 2 aromatic heterocycles. The molecule has 0 bridgehead atoms. The van der Waals surface area contributed by atoms with Crippen molar-refractivity contribution in [2.45, 2.75) is 32.7 Å². The average Bonchev–Trinajstić information content (AvgIpc) is 2.45. The van der Waals surface area contributed by atoms with Gasteiger partial charge >= 0.3 is 0 Å². The largest absolute Gasteiger partial charge is 0.481 e. The summed E-state index contributed by atoms with van der Waals surface area (Å²) in [4.78, 5) is 12.9. The Labute approximate surface area is 119 Å². The molecule has 2 rings (SSSR count). The van der Waals surface area contributed by atoms with E-state index in [0.29, 0.717) is 12.4 Å². The maximum Gasteiger partial charge on any atom is 0.218 e. The van der Waals surface area contributed by atoms with Gasteiger partial charge in [-0.3, -0.25) is 4.98 Å². The van der Waals surface area contributed by atoms with Crippen molar-refractivity contribution >= 4 is 5.82 Å². The summed E-state index contributed by atoms with van der Waals surface area (Å²) in [5.41, 5.74) is 1.02. The lowest BCUT2D eigenvalue weighted by atomic mass is 9.96. The number of nitrogens with zero attached hydrogens (tertiary/aromatic N) is 3. The summed E-state index contributed by atoms with van der Waals surface area (Å²) >= 11 is 0. The summed E-state index contributed by atoms with van der Waals surface area (Å²) in [6.45, 7) is 6.92. The quantitative estimate of drug-likeness (QED) is 0.927. The molecule has 0 fully saturated rings. The van der Waals surface area contributed by atoms with E-state index in [0.717, 1.165) is 17.2 Å². The van der Waals surface area contributed by atoms with E-state index >= 15 is 0 Å². The maximum absolute atomic E-state index is 5.24. The van der Waals surface area contributed by atoms with Crippen LogP contribution < -0.4 is 10.1 Å². The normalized spacial score (nSPS) is 11.2. The molecule has 2 aromatic rings. The summed E-state index contributed by atoms with van der Waals surface area (Å²) in [6.07, 6.45) is 3.55. The number of hydrogen-bond acceptors (Lipinski definition) is 5. The number of ether oxygens (including phenoxy) is 1. The van der Waals surface area contributed by atoms with Gasteiger partial charge in [0, 0.05) is 30.4 Å². The SMILES string of the molecule is COc1cc(NCc2ccncc2)nc(C(C)(C)C)n1. The summed E-state index contributed by atoms with van der Waals surface area (Å²) in [6, 6.07) is 5.74. The minimum atomic E-state index is -0.123. The van der Waals surface area contributed by atoms with E-state index in [1.165, 1.54) is 0 Å². The fraction of sp³-hybridized carbons (Fsp3) is 0.400. The van der Waals surface area contributed by atoms with Crippen LogP contribution in [0.1, 0.15) is 32.2 Å². The van der Waals surface area contributed by atoms with E-state index < -0.39 is 0 Å². The van der Waals surface area contributed by atoms with Crippen molar-refractivity contribution in [3.63, 3.8) is 0 Å². The molecule has 0 unspecified atom stereocenters. The van der Waals surface area contributed by atoms with Gasteiger partial charge in [0.25, 0.3) is 0 Å². The predicted octanol–water partition coefficient (Wildman–Crippen LogP) is 2.79. The second kappa shape index (κ2) is 5.86. The van der Waals surface area contributed by atoms with E-state index in [2.05, 4.69) is 41.0 Å². The summed E-state index contributed by atoms with van der Waals surface area (Å²) in [5.74, 6) is 2.09. The fourth-order valence-corrected chi connectivity index (χ4v) is 1.65. The molecule has 5 heteroatoms. The Morgan fingerprint density at radius 2 is 1.85 bits per heavy atom. The van der Waals surface area contributed by atoms with Crippen molar-refractivity contribution < 1.29 is 4.74 Å². The van der Waals surface area contributed by atoms with Crippen LogP contribution in [0.25, 0.3) is 0 Å². The second-order valence-corrected chi connectivity index (χ2v) is 5.58. The lowest BCUT2D eigenvalue weighted by molar-refractivity contribution is 0.389. The molecule has 106 valence electrons. The smallest absolute Gasteiger partial charge is 0.218 e. The first-order valence-corrected chi connectivity index (χ1v) is 6.55. The number of rotatable bonds is 4. The molecule has 0 saturated heterocycles. The van der Waals surface area contributed by atoms with E-state index in [4.69, 9.17) is 4.74 Å². The van der Waals surface area contributed by atoms with Crippen LogP contribution in [-0.2, 0) is 12.0 Å². The second-order valence-electron chi connectivity index (χ2n) is 5.58. The Kier molecular flexibility index (Phi) is 4.17. The van der Waals surface area contributed by atoms with Gasteiger partial charge in [0.1, 0.15) is 11.6 Å². The molecule has 0 atom stereocenters. The Morgan fingerprint density at radius 3 is 2.45 bits per heavy atom. The molecule has 1 N–H and O–H groups in total. The maximum atomic E-state index is 5.24. The number of aromatic nitrogens is 3. The molecule has 0 saturated carbocycles. The average molecular weight is 272 g/mol. The van der Waals surface area contributed by atoms with Crippen LogP contribution in [0.5, 0.6) is 5.88 Å². The topological polar surface area (TPSA) is 59.9 Å². The zero-order valence-electron chi connectivity index (χ0n) is 12.3. The molecule has 0 aliphatic rings. The fourth-order valence-electron chi connectivity index (χ4n) is 1.65. The zero-order chi connectivity index (χ0) is 14.6. The molecule has 0 aliphatic heterocycles. The molecule has 0 amide bonds. The van der Waals surface area contributed by atoms with E-state index in [-0.39, 0.29) is 5.41 Å². The van der Waals surface area contributed by atoms with Gasteiger partial charge in [-0.05, 0) is 17.7 Å². The molecule has 0 aliphatic carbocycles. The van der Waals surface area contributed by atoms with Gasteiger partial charge in [-0.1, -0.05) is 20.8 Å². The summed E-state index contributed by atoms with van der Waals surface area (Å²) in [5, 5.41) is 3.29. The van der Waals surface area contributed by atoms with Gasteiger partial charge in [-0.15, -0.1) is 0 Å². The molecular formula is C15H20N4O. The molecule has 0 aromatic carbocycles. The van der Waals surface area contributed by atoms with Crippen molar-refractivity contribution in [3.05, 3.63) is 42.0 Å². The van der Waals surface area contributed by atoms with Crippen molar-refractivity contribution in [1.82, 2.24) is 15.0 Å². The van der Waals surface area contributed by atoms with Crippen LogP contribution in [0.15, 0.2) is 30.6 Å². The van der Waals surface area contributed by atoms with Crippen LogP contribution in [-0.4, -0.2) is 22.1 Å². The minimum absolute atomic E-state index is 0.123. The highest BCUT2D eigenvalue weighted by Gasteiger charge is 2.19. The van der Waals surface area contributed by atoms with Crippen molar-refractivity contribution in [2.24, 2.45) is 0 Å². The molecular weight excluding hydrogens is 252 g/mol. The third-order valence-electron chi connectivity index (χ3n) is 2.81. The van der Waals surface area contributed by atoms with Crippen LogP contribution in [0.4, 0.5) is 5.82 Å². The third-order valence-corrected chi connectivity index (χ3v) is 2.81. The Morgan fingerprint density at radius 1 is 1.15 bits per heavy atom. The number of methoxy groups -OCH3 is 1. The van der Waals surface area contributed by atoms with Crippen LogP contribution >= 0.6 is 0 Å². The number of hydrogen-bond donors (Lipinski definition) is 1. The Hall–Kier alpha value is -2.17. The first-order valence-electron chi connectivity index (χ1n) is 6.55. The Bertz CT molecular complexity index is 564. The Balaban J connectivity index is 2.19. The number of nitrogens with one attached hydrogen (secondary N) is 1. The summed E-state index contributed by atoms with van der Waals surface area (Å²) in [7, 11) is 1.61. The lowest BCUT2D eigenvalue weighted by Gasteiger charge is -2.18. The van der Waals surface area contributed by atoms with Gasteiger partial charge in [-0.25, -0.2) is 4.98 Å². The molecule has 20 heavy (non-hydrogen) atoms. The van der Waals surface area contributed by atoms with Crippen molar-refractivity contribution in [1.29, 1.82) is 0 Å². The molecule has 0 radical (unpaired) electrons. The molecule has 0 spiro atoms. The lowest BCUT2D eigenvalue weighted by Crippen LogP contribution is -2.17. The molecule has 5 nitrogen and oxygen atoms in total. The van der Waals surface area contributed by atoms with Gasteiger partial charge < -0.3 is 10.1 Å². The molecule has 2 heterocycles. The van der Waals surface area contributed by atoms with E-state index in [1.807, 2.05) is 12.1 Å². The highest BCUT2D eigenvalue weighted by Crippen LogP contribution is 2.23. The standard InChI is InChI=1S/C15H20N4O/c1-15(2,3)14-18-12(9-13(19-14)20-4)17-10-11-5-7-16-8-6-11/h5-9H,10H2,1-4H3,(H,17,18,19). The van der Waals surface area contributed by atoms with Gasteiger partial charge in [0.15, 0.2) is 0 Å². The van der Waals surface area contributed by atoms with E-state index in [9.17, 15) is 0 Å². The van der Waals surface area contributed by atoms with Gasteiger partial charge in [0.05, 0.1) is 7.11 Å². The number of anilines is 1. The predicted molar refractivity (Wildman–Crippen MR) is 78.8 cm³/mol. The van der Waals surface area contributed by atoms with Crippen molar-refractivity contribution in [3.8, 4) is 5.88 Å². The summed E-state index contributed by atoms with van der Waals surface area (Å²) < 4.78 is 5.24. The number of pyridine rings is 1. The zero-order valence-corrected chi connectivity index (χ0v) is 12.3. The highest BCUT2D eigenvalue weighted by atomic mass is 16.5. The van der Waals surface area contributed by atoms with Crippen LogP contribution in [0.2, 0.25) is 0 Å². The minimum Gasteiger partial charge on any atom is -0.481 e. The monoisotopic (exact) mass is 272 g/mol. The first kappa shape index (κ1) is 14.2. The van der Waals surface area contributed by atoms with Gasteiger partial charge in [-0.2, -0.15) is 4.98 Å². The van der Waals surface area contributed by atoms with Gasteiger partial charge in [0.2, 0.25) is 5.88 Å². The van der Waals surface area contributed by atoms with Crippen LogP contribution in [0, 0.1) is 0 Å². The first-order chi connectivity index (χ1) is 9.49. The third kappa shape index (κ3) is 3.66. The van der Waals surface area contributed by atoms with E-state index in [1.54, 1.807) is 25.6 Å².